The Labute approximate surface area is 94.2 Å². The van der Waals surface area contributed by atoms with Crippen molar-refractivity contribution in [2.45, 2.75) is 13.3 Å². The van der Waals surface area contributed by atoms with E-state index in [1.165, 1.54) is 6.92 Å². The van der Waals surface area contributed by atoms with Crippen LogP contribution >= 0.6 is 11.6 Å². The van der Waals surface area contributed by atoms with E-state index in [2.05, 4.69) is 9.72 Å². The van der Waals surface area contributed by atoms with E-state index < -0.39 is 29.5 Å². The van der Waals surface area contributed by atoms with Crippen LogP contribution < -0.4 is 0 Å². The van der Waals surface area contributed by atoms with Gasteiger partial charge in [-0.3, -0.25) is 0 Å². The Morgan fingerprint density at radius 2 is 2.25 bits per heavy atom. The van der Waals surface area contributed by atoms with Crippen LogP contribution in [0.4, 0.5) is 13.2 Å². The molecule has 0 spiro atoms. The summed E-state index contributed by atoms with van der Waals surface area (Å²) in [7, 11) is 0. The molecule has 0 saturated carbocycles. The fraction of sp³-hybridized carbons (Fsp3) is 0.333. The van der Waals surface area contributed by atoms with Gasteiger partial charge in [-0.05, 0) is 13.0 Å². The molecule has 88 valence electrons. The van der Waals surface area contributed by atoms with Crippen molar-refractivity contribution in [2.75, 3.05) is 6.61 Å². The molecule has 0 bridgehead atoms. The van der Waals surface area contributed by atoms with Gasteiger partial charge in [-0.2, -0.15) is 0 Å². The summed E-state index contributed by atoms with van der Waals surface area (Å²) in [5, 5.41) is -0.389. The van der Waals surface area contributed by atoms with Crippen molar-refractivity contribution in [3.05, 3.63) is 28.3 Å². The number of nitrogens with zero attached hydrogens (tertiary/aromatic N) is 1. The molecule has 0 radical (unpaired) electrons. The van der Waals surface area contributed by atoms with Crippen LogP contribution in [0.3, 0.4) is 0 Å². The lowest BCUT2D eigenvalue weighted by atomic mass is 10.2. The first-order valence-electron chi connectivity index (χ1n) is 4.28. The lowest BCUT2D eigenvalue weighted by molar-refractivity contribution is 0.0519. The highest BCUT2D eigenvalue weighted by molar-refractivity contribution is 6.29. The third-order valence-electron chi connectivity index (χ3n) is 1.65. The Hall–Kier alpha value is -1.30. The van der Waals surface area contributed by atoms with Crippen molar-refractivity contribution in [3.63, 3.8) is 0 Å². The second kappa shape index (κ2) is 5.16. The average molecular weight is 254 g/mol. The Bertz CT molecular complexity index is 412. The maximum Gasteiger partial charge on any atom is 0.341 e. The molecule has 0 N–H and O–H groups in total. The van der Waals surface area contributed by atoms with Crippen LogP contribution in [0.2, 0.25) is 5.15 Å². The van der Waals surface area contributed by atoms with Gasteiger partial charge in [0.15, 0.2) is 5.82 Å². The van der Waals surface area contributed by atoms with E-state index in [-0.39, 0.29) is 11.8 Å². The van der Waals surface area contributed by atoms with Gasteiger partial charge >= 0.3 is 5.97 Å². The van der Waals surface area contributed by atoms with Gasteiger partial charge in [-0.25, -0.2) is 22.9 Å². The number of esters is 1. The lowest BCUT2D eigenvalue weighted by Gasteiger charge is -2.07. The number of rotatable bonds is 3. The zero-order chi connectivity index (χ0) is 12.3. The van der Waals surface area contributed by atoms with Gasteiger partial charge in [0, 0.05) is 0 Å². The standard InChI is InChI=1S/C9H7ClF3NO2/c1-2-16-9(15)4-3-5(10)14-7(6(4)11)8(12)13/h3,8H,2H2,1H3. The van der Waals surface area contributed by atoms with E-state index in [0.29, 0.717) is 0 Å². The second-order valence-electron chi connectivity index (χ2n) is 2.71. The van der Waals surface area contributed by atoms with Crippen molar-refractivity contribution in [1.29, 1.82) is 0 Å². The van der Waals surface area contributed by atoms with Gasteiger partial charge in [-0.1, -0.05) is 11.6 Å². The molecule has 16 heavy (non-hydrogen) atoms. The smallest absolute Gasteiger partial charge is 0.341 e. The van der Waals surface area contributed by atoms with E-state index in [1.807, 2.05) is 0 Å². The minimum atomic E-state index is -3.15. The molecule has 0 aliphatic heterocycles. The largest absolute Gasteiger partial charge is 0.462 e. The number of hydrogen-bond donors (Lipinski definition) is 0. The van der Waals surface area contributed by atoms with Crippen molar-refractivity contribution >= 4 is 17.6 Å². The summed E-state index contributed by atoms with van der Waals surface area (Å²) in [5.41, 5.74) is -1.80. The molecule has 0 amide bonds. The van der Waals surface area contributed by atoms with Crippen molar-refractivity contribution in [3.8, 4) is 0 Å². The number of hydrogen-bond acceptors (Lipinski definition) is 3. The average Bonchev–Trinajstić information content (AvgIpc) is 2.20. The molecule has 7 heteroatoms. The SMILES string of the molecule is CCOC(=O)c1cc(Cl)nc(C(F)F)c1F. The molecule has 3 nitrogen and oxygen atoms in total. The van der Waals surface area contributed by atoms with Crippen molar-refractivity contribution in [1.82, 2.24) is 4.98 Å². The number of carbonyl (C=O) groups excluding carboxylic acids is 1. The lowest BCUT2D eigenvalue weighted by Crippen LogP contribution is -2.10. The van der Waals surface area contributed by atoms with Crippen LogP contribution in [0.5, 0.6) is 0 Å². The molecular formula is C9H7ClF3NO2. The zero-order valence-electron chi connectivity index (χ0n) is 8.14. The third kappa shape index (κ3) is 2.63. The number of carbonyl (C=O) groups is 1. The van der Waals surface area contributed by atoms with Crippen molar-refractivity contribution < 1.29 is 22.7 Å². The molecule has 0 aliphatic rings. The van der Waals surface area contributed by atoms with E-state index in [0.717, 1.165) is 6.07 Å². The molecular weight excluding hydrogens is 247 g/mol. The van der Waals surface area contributed by atoms with E-state index in [1.54, 1.807) is 0 Å². The highest BCUT2D eigenvalue weighted by Gasteiger charge is 2.24. The fourth-order valence-corrected chi connectivity index (χ4v) is 1.22. The number of ether oxygens (including phenoxy) is 1. The number of alkyl halides is 2. The Morgan fingerprint density at radius 3 is 2.75 bits per heavy atom. The maximum atomic E-state index is 13.4. The summed E-state index contributed by atoms with van der Waals surface area (Å²) in [5.74, 6) is -2.45. The van der Waals surface area contributed by atoms with Crippen LogP contribution in [-0.2, 0) is 4.74 Å². The van der Waals surface area contributed by atoms with Gasteiger partial charge in [0.2, 0.25) is 0 Å². The molecule has 0 saturated heterocycles. The molecule has 0 fully saturated rings. The quantitative estimate of drug-likeness (QED) is 0.614. The van der Waals surface area contributed by atoms with Gasteiger partial charge in [0.05, 0.1) is 6.61 Å². The highest BCUT2D eigenvalue weighted by Crippen LogP contribution is 2.25. The first kappa shape index (κ1) is 12.8. The van der Waals surface area contributed by atoms with Crippen LogP contribution in [0.15, 0.2) is 6.07 Å². The molecule has 0 aromatic carbocycles. The van der Waals surface area contributed by atoms with E-state index in [9.17, 15) is 18.0 Å². The number of pyridine rings is 1. The Kier molecular flexibility index (Phi) is 4.12. The number of halogens is 4. The minimum absolute atomic E-state index is 0.00221. The normalized spacial score (nSPS) is 10.6. The Balaban J connectivity index is 3.24. The van der Waals surface area contributed by atoms with E-state index in [4.69, 9.17) is 11.6 Å². The minimum Gasteiger partial charge on any atom is -0.462 e. The first-order chi connectivity index (χ1) is 7.47. The molecule has 0 unspecified atom stereocenters. The predicted octanol–water partition coefficient (Wildman–Crippen LogP) is 2.99. The number of aromatic nitrogens is 1. The summed E-state index contributed by atoms with van der Waals surface area (Å²) in [4.78, 5) is 14.3. The summed E-state index contributed by atoms with van der Waals surface area (Å²) >= 11 is 5.39. The summed E-state index contributed by atoms with van der Waals surface area (Å²) in [6, 6.07) is 0.848. The molecule has 1 rings (SSSR count). The fourth-order valence-electron chi connectivity index (χ4n) is 1.02. The van der Waals surface area contributed by atoms with Crippen LogP contribution in [-0.4, -0.2) is 17.6 Å². The summed E-state index contributed by atoms with van der Waals surface area (Å²) in [6.07, 6.45) is -3.15. The summed E-state index contributed by atoms with van der Waals surface area (Å²) < 4.78 is 42.5. The van der Waals surface area contributed by atoms with Gasteiger partial charge in [0.1, 0.15) is 16.4 Å². The molecule has 1 aromatic rings. The third-order valence-corrected chi connectivity index (χ3v) is 1.85. The van der Waals surface area contributed by atoms with Gasteiger partial charge in [0.25, 0.3) is 6.43 Å². The highest BCUT2D eigenvalue weighted by atomic mass is 35.5. The van der Waals surface area contributed by atoms with E-state index >= 15 is 0 Å². The molecule has 1 heterocycles. The second-order valence-corrected chi connectivity index (χ2v) is 3.10. The van der Waals surface area contributed by atoms with Crippen LogP contribution in [0.1, 0.15) is 29.4 Å². The van der Waals surface area contributed by atoms with Crippen molar-refractivity contribution in [2.24, 2.45) is 0 Å². The van der Waals surface area contributed by atoms with Gasteiger partial charge < -0.3 is 4.74 Å². The molecule has 0 aliphatic carbocycles. The predicted molar refractivity (Wildman–Crippen MR) is 50.1 cm³/mol. The Morgan fingerprint density at radius 1 is 1.62 bits per heavy atom. The maximum absolute atomic E-state index is 13.4. The topological polar surface area (TPSA) is 39.2 Å². The van der Waals surface area contributed by atoms with Crippen LogP contribution in [0.25, 0.3) is 0 Å². The first-order valence-corrected chi connectivity index (χ1v) is 4.66. The van der Waals surface area contributed by atoms with Gasteiger partial charge in [-0.15, -0.1) is 0 Å². The molecule has 0 atom stereocenters. The monoisotopic (exact) mass is 253 g/mol. The summed E-state index contributed by atoms with van der Waals surface area (Å²) in [6.45, 7) is 1.51. The zero-order valence-corrected chi connectivity index (χ0v) is 8.89. The molecule has 1 aromatic heterocycles. The van der Waals surface area contributed by atoms with Crippen LogP contribution in [0, 0.1) is 5.82 Å².